The van der Waals surface area contributed by atoms with Gasteiger partial charge in [-0.25, -0.2) is 4.79 Å². The summed E-state index contributed by atoms with van der Waals surface area (Å²) in [5, 5.41) is 2.91. The third-order valence-electron chi connectivity index (χ3n) is 1.83. The number of ether oxygens (including phenoxy) is 2. The highest BCUT2D eigenvalue weighted by Gasteiger charge is 2.17. The second kappa shape index (κ2) is 6.56. The summed E-state index contributed by atoms with van der Waals surface area (Å²) in [6, 6.07) is -0.226. The third kappa shape index (κ3) is 6.81. The number of hydrogen-bond acceptors (Lipinski definition) is 5. The minimum Gasteiger partial charge on any atom is -0.474 e. The van der Waals surface area contributed by atoms with Crippen molar-refractivity contribution in [2.75, 3.05) is 6.61 Å². The van der Waals surface area contributed by atoms with Gasteiger partial charge in [0.05, 0.1) is 18.4 Å². The van der Waals surface area contributed by atoms with Crippen LogP contribution in [0.4, 0.5) is 4.79 Å². The van der Waals surface area contributed by atoms with Gasteiger partial charge in [-0.2, -0.15) is 4.98 Å². The quantitative estimate of drug-likeness (QED) is 0.920. The minimum absolute atomic E-state index is 0.226. The van der Waals surface area contributed by atoms with Crippen molar-refractivity contribution >= 4 is 17.7 Å². The van der Waals surface area contributed by atoms with Gasteiger partial charge in [0.2, 0.25) is 5.88 Å². The molecule has 0 saturated heterocycles. The lowest BCUT2D eigenvalue weighted by Crippen LogP contribution is -2.40. The normalized spacial score (nSPS) is 12.7. The lowest BCUT2D eigenvalue weighted by Gasteiger charge is -2.21. The van der Waals surface area contributed by atoms with Crippen molar-refractivity contribution in [3.63, 3.8) is 0 Å². The Kier molecular flexibility index (Phi) is 5.35. The maximum absolute atomic E-state index is 11.5. The van der Waals surface area contributed by atoms with E-state index < -0.39 is 11.7 Å². The molecule has 0 fully saturated rings. The van der Waals surface area contributed by atoms with Crippen molar-refractivity contribution in [1.29, 1.82) is 0 Å². The summed E-state index contributed by atoms with van der Waals surface area (Å²) in [7, 11) is 0. The summed E-state index contributed by atoms with van der Waals surface area (Å²) in [5.74, 6) is 0.310. The molecule has 0 bridgehead atoms. The molecule has 6 nitrogen and oxygen atoms in total. The summed E-state index contributed by atoms with van der Waals surface area (Å²) in [5.41, 5.74) is -0.525. The van der Waals surface area contributed by atoms with E-state index in [1.165, 1.54) is 12.4 Å². The van der Waals surface area contributed by atoms with Crippen molar-refractivity contribution in [3.8, 4) is 5.88 Å². The number of amides is 1. The number of carbonyl (C=O) groups is 1. The Balaban J connectivity index is 2.36. The average molecular weight is 288 g/mol. The highest BCUT2D eigenvalue weighted by Crippen LogP contribution is 2.09. The number of alkyl carbamates (subject to hydrolysis) is 1. The molecule has 0 radical (unpaired) electrons. The highest BCUT2D eigenvalue weighted by molar-refractivity contribution is 6.29. The fourth-order valence-corrected chi connectivity index (χ4v) is 1.30. The molecule has 1 aromatic heterocycles. The van der Waals surface area contributed by atoms with Crippen molar-refractivity contribution in [3.05, 3.63) is 17.5 Å². The largest absolute Gasteiger partial charge is 0.474 e. The second-order valence-corrected chi connectivity index (χ2v) is 5.43. The summed E-state index contributed by atoms with van der Waals surface area (Å²) >= 11 is 5.67. The van der Waals surface area contributed by atoms with Crippen LogP contribution in [-0.4, -0.2) is 34.3 Å². The van der Waals surface area contributed by atoms with Crippen molar-refractivity contribution in [1.82, 2.24) is 15.3 Å². The molecule has 1 rings (SSSR count). The molecule has 1 atom stereocenters. The molecule has 1 heterocycles. The maximum Gasteiger partial charge on any atom is 0.407 e. The standard InChI is InChI=1S/C12H18ClN3O3/c1-8(15-11(17)19-12(2,3)4)7-18-10-6-14-5-9(13)16-10/h5-6,8H,7H2,1-4H3,(H,15,17)/t8-/m0/s1. The molecule has 0 aliphatic rings. The van der Waals surface area contributed by atoms with E-state index in [0.717, 1.165) is 0 Å². The monoisotopic (exact) mass is 287 g/mol. The van der Waals surface area contributed by atoms with Crippen LogP contribution < -0.4 is 10.1 Å². The van der Waals surface area contributed by atoms with E-state index in [-0.39, 0.29) is 17.8 Å². The summed E-state index contributed by atoms with van der Waals surface area (Å²) in [4.78, 5) is 19.3. The molecule has 0 aromatic carbocycles. The SMILES string of the molecule is C[C@@H](COc1cncc(Cl)n1)NC(=O)OC(C)(C)C. The Morgan fingerprint density at radius 2 is 2.16 bits per heavy atom. The Bertz CT molecular complexity index is 434. The van der Waals surface area contributed by atoms with Crippen LogP contribution in [0.2, 0.25) is 5.15 Å². The van der Waals surface area contributed by atoms with Crippen molar-refractivity contribution < 1.29 is 14.3 Å². The lowest BCUT2D eigenvalue weighted by molar-refractivity contribution is 0.0493. The van der Waals surface area contributed by atoms with E-state index in [1.54, 1.807) is 27.7 Å². The Hall–Kier alpha value is -1.56. The first-order valence-electron chi connectivity index (χ1n) is 5.86. The van der Waals surface area contributed by atoms with E-state index in [2.05, 4.69) is 15.3 Å². The summed E-state index contributed by atoms with van der Waals surface area (Å²) < 4.78 is 10.5. The van der Waals surface area contributed by atoms with Gasteiger partial charge in [-0.15, -0.1) is 0 Å². The number of carbonyl (C=O) groups excluding carboxylic acids is 1. The van der Waals surface area contributed by atoms with Gasteiger partial charge in [-0.1, -0.05) is 11.6 Å². The lowest BCUT2D eigenvalue weighted by atomic mass is 10.2. The van der Waals surface area contributed by atoms with Crippen molar-refractivity contribution in [2.45, 2.75) is 39.3 Å². The number of rotatable bonds is 4. The molecule has 0 unspecified atom stereocenters. The highest BCUT2D eigenvalue weighted by atomic mass is 35.5. The Morgan fingerprint density at radius 3 is 2.74 bits per heavy atom. The molecular weight excluding hydrogens is 270 g/mol. The first kappa shape index (κ1) is 15.5. The Morgan fingerprint density at radius 1 is 1.47 bits per heavy atom. The molecule has 7 heteroatoms. The first-order chi connectivity index (χ1) is 8.76. The summed E-state index contributed by atoms with van der Waals surface area (Å²) in [6.45, 7) is 7.44. The van der Waals surface area contributed by atoms with Crippen LogP contribution in [0.5, 0.6) is 5.88 Å². The molecule has 0 aliphatic heterocycles. The molecule has 0 aliphatic carbocycles. The number of aromatic nitrogens is 2. The third-order valence-corrected chi connectivity index (χ3v) is 2.01. The van der Waals surface area contributed by atoms with Gasteiger partial charge in [-0.3, -0.25) is 4.98 Å². The number of halogens is 1. The molecule has 1 aromatic rings. The van der Waals surface area contributed by atoms with Gasteiger partial charge in [0.15, 0.2) is 5.15 Å². The topological polar surface area (TPSA) is 73.3 Å². The van der Waals surface area contributed by atoms with Gasteiger partial charge in [0.25, 0.3) is 0 Å². The molecule has 106 valence electrons. The van der Waals surface area contributed by atoms with Crippen LogP contribution in [0.1, 0.15) is 27.7 Å². The fourth-order valence-electron chi connectivity index (χ4n) is 1.16. The van der Waals surface area contributed by atoms with E-state index in [9.17, 15) is 4.79 Å². The van der Waals surface area contributed by atoms with Gasteiger partial charge in [-0.05, 0) is 27.7 Å². The predicted octanol–water partition coefficient (Wildman–Crippen LogP) is 2.42. The van der Waals surface area contributed by atoms with E-state index >= 15 is 0 Å². The molecule has 1 amide bonds. The predicted molar refractivity (Wildman–Crippen MR) is 71.4 cm³/mol. The van der Waals surface area contributed by atoms with Crippen LogP contribution in [0.15, 0.2) is 12.4 Å². The zero-order valence-corrected chi connectivity index (χ0v) is 12.2. The molecule has 19 heavy (non-hydrogen) atoms. The van der Waals surface area contributed by atoms with Crippen LogP contribution in [0, 0.1) is 0 Å². The van der Waals surface area contributed by atoms with Gasteiger partial charge < -0.3 is 14.8 Å². The van der Waals surface area contributed by atoms with Crippen LogP contribution in [-0.2, 0) is 4.74 Å². The first-order valence-corrected chi connectivity index (χ1v) is 6.24. The number of nitrogens with zero attached hydrogens (tertiary/aromatic N) is 2. The van der Waals surface area contributed by atoms with Crippen LogP contribution in [0.25, 0.3) is 0 Å². The van der Waals surface area contributed by atoms with E-state index in [0.29, 0.717) is 5.88 Å². The number of nitrogens with one attached hydrogen (secondary N) is 1. The zero-order chi connectivity index (χ0) is 14.5. The average Bonchev–Trinajstić information content (AvgIpc) is 2.23. The van der Waals surface area contributed by atoms with Crippen LogP contribution in [0.3, 0.4) is 0 Å². The minimum atomic E-state index is -0.525. The van der Waals surface area contributed by atoms with Crippen LogP contribution >= 0.6 is 11.6 Å². The molecular formula is C12H18ClN3O3. The second-order valence-electron chi connectivity index (χ2n) is 5.04. The van der Waals surface area contributed by atoms with Gasteiger partial charge in [0.1, 0.15) is 12.2 Å². The van der Waals surface area contributed by atoms with Gasteiger partial charge in [0, 0.05) is 0 Å². The molecule has 0 saturated carbocycles. The molecule has 0 spiro atoms. The Labute approximate surface area is 117 Å². The van der Waals surface area contributed by atoms with E-state index in [1.807, 2.05) is 0 Å². The smallest absolute Gasteiger partial charge is 0.407 e. The molecule has 1 N–H and O–H groups in total. The number of hydrogen-bond donors (Lipinski definition) is 1. The zero-order valence-electron chi connectivity index (χ0n) is 11.4. The van der Waals surface area contributed by atoms with E-state index in [4.69, 9.17) is 21.1 Å². The maximum atomic E-state index is 11.5. The fraction of sp³-hybridized carbons (Fsp3) is 0.583. The van der Waals surface area contributed by atoms with Gasteiger partial charge >= 0.3 is 6.09 Å². The summed E-state index contributed by atoms with van der Waals surface area (Å²) in [6.07, 6.45) is 2.38. The van der Waals surface area contributed by atoms with Crippen molar-refractivity contribution in [2.24, 2.45) is 0 Å².